The first-order chi connectivity index (χ1) is 9.15. The molecule has 3 heterocycles. The largest absolute Gasteiger partial charge is 0.444 e. The molecular formula is C12H15BrN4O2. The van der Waals surface area contributed by atoms with Crippen molar-refractivity contribution in [2.45, 2.75) is 25.4 Å². The van der Waals surface area contributed by atoms with Crippen molar-refractivity contribution < 1.29 is 8.83 Å². The Bertz CT molecular complexity index is 560. The van der Waals surface area contributed by atoms with Gasteiger partial charge in [0.2, 0.25) is 5.89 Å². The fourth-order valence-corrected chi connectivity index (χ4v) is 2.42. The van der Waals surface area contributed by atoms with E-state index >= 15 is 0 Å². The summed E-state index contributed by atoms with van der Waals surface area (Å²) in [4.78, 5) is 0. The minimum Gasteiger partial charge on any atom is -0.444 e. The van der Waals surface area contributed by atoms with Gasteiger partial charge in [0.1, 0.15) is 0 Å². The van der Waals surface area contributed by atoms with Crippen molar-refractivity contribution >= 4 is 15.9 Å². The first kappa shape index (κ1) is 12.8. The van der Waals surface area contributed by atoms with Crippen molar-refractivity contribution in [2.24, 2.45) is 0 Å². The normalized spacial score (nSPS) is 23.1. The molecule has 2 aromatic heterocycles. The van der Waals surface area contributed by atoms with Crippen LogP contribution in [0, 0.1) is 0 Å². The monoisotopic (exact) mass is 326 g/mol. The molecule has 6 nitrogen and oxygen atoms in total. The van der Waals surface area contributed by atoms with Crippen molar-refractivity contribution in [2.75, 3.05) is 13.1 Å². The lowest BCUT2D eigenvalue weighted by molar-refractivity contribution is 0.355. The summed E-state index contributed by atoms with van der Waals surface area (Å²) >= 11 is 3.24. The second-order valence-corrected chi connectivity index (χ2v) is 5.73. The molecule has 102 valence electrons. The Morgan fingerprint density at radius 3 is 3.00 bits per heavy atom. The summed E-state index contributed by atoms with van der Waals surface area (Å²) in [5.74, 6) is 1.53. The van der Waals surface area contributed by atoms with E-state index in [9.17, 15) is 0 Å². The van der Waals surface area contributed by atoms with Crippen LogP contribution in [0.15, 0.2) is 25.6 Å². The maximum Gasteiger partial charge on any atom is 0.283 e. The van der Waals surface area contributed by atoms with Crippen LogP contribution in [0.1, 0.15) is 19.2 Å². The fraction of sp³-hybridized carbons (Fsp3) is 0.500. The predicted molar refractivity (Wildman–Crippen MR) is 72.4 cm³/mol. The third-order valence-corrected chi connectivity index (χ3v) is 3.71. The molecule has 0 amide bonds. The molecule has 0 radical (unpaired) electrons. The van der Waals surface area contributed by atoms with Gasteiger partial charge in [0, 0.05) is 12.1 Å². The van der Waals surface area contributed by atoms with Gasteiger partial charge in [-0.3, -0.25) is 0 Å². The zero-order valence-corrected chi connectivity index (χ0v) is 12.2. The van der Waals surface area contributed by atoms with Crippen molar-refractivity contribution in [3.63, 3.8) is 0 Å². The highest BCUT2D eigenvalue weighted by atomic mass is 79.9. The standard InChI is InChI=1S/C12H15BrN4O2/c1-12(4-5-14-7-12)15-6-10-16-17-11(19-10)8-2-3-9(13)18-8/h2-3,14-15H,4-7H2,1H3. The fourth-order valence-electron chi connectivity index (χ4n) is 2.11. The highest BCUT2D eigenvalue weighted by Gasteiger charge is 2.28. The minimum absolute atomic E-state index is 0.0995. The SMILES string of the molecule is CC1(NCc2nnc(-c3ccc(Br)o3)o2)CCNC1. The molecule has 1 fully saturated rings. The van der Waals surface area contributed by atoms with Crippen LogP contribution >= 0.6 is 15.9 Å². The minimum atomic E-state index is 0.0995. The van der Waals surface area contributed by atoms with Crippen molar-refractivity contribution in [3.05, 3.63) is 22.7 Å². The van der Waals surface area contributed by atoms with Gasteiger partial charge in [0.25, 0.3) is 5.89 Å². The Hall–Kier alpha value is -1.18. The molecule has 19 heavy (non-hydrogen) atoms. The van der Waals surface area contributed by atoms with Gasteiger partial charge in [-0.15, -0.1) is 10.2 Å². The average molecular weight is 327 g/mol. The van der Waals surface area contributed by atoms with Crippen LogP contribution in [0.5, 0.6) is 0 Å². The Balaban J connectivity index is 1.65. The maximum atomic E-state index is 5.57. The van der Waals surface area contributed by atoms with Crippen LogP contribution in [0.2, 0.25) is 0 Å². The highest BCUT2D eigenvalue weighted by Crippen LogP contribution is 2.24. The number of nitrogens with one attached hydrogen (secondary N) is 2. The number of nitrogens with zero attached hydrogens (tertiary/aromatic N) is 2. The molecule has 1 aliphatic rings. The van der Waals surface area contributed by atoms with Crippen LogP contribution in [-0.4, -0.2) is 28.8 Å². The van der Waals surface area contributed by atoms with Gasteiger partial charge in [0.15, 0.2) is 10.4 Å². The Morgan fingerprint density at radius 1 is 1.42 bits per heavy atom. The smallest absolute Gasteiger partial charge is 0.283 e. The molecule has 3 rings (SSSR count). The molecule has 0 spiro atoms. The Morgan fingerprint density at radius 2 is 2.32 bits per heavy atom. The first-order valence-corrected chi connectivity index (χ1v) is 6.98. The number of halogens is 1. The highest BCUT2D eigenvalue weighted by molar-refractivity contribution is 9.10. The van der Waals surface area contributed by atoms with E-state index in [-0.39, 0.29) is 5.54 Å². The number of furan rings is 1. The maximum absolute atomic E-state index is 5.57. The molecule has 0 aliphatic carbocycles. The van der Waals surface area contributed by atoms with Gasteiger partial charge in [-0.1, -0.05) is 0 Å². The average Bonchev–Trinajstić information content (AvgIpc) is 3.07. The van der Waals surface area contributed by atoms with E-state index in [0.717, 1.165) is 19.5 Å². The zero-order valence-electron chi connectivity index (χ0n) is 10.6. The van der Waals surface area contributed by atoms with Crippen LogP contribution in [0.3, 0.4) is 0 Å². The van der Waals surface area contributed by atoms with Gasteiger partial charge in [-0.05, 0) is 48.0 Å². The number of rotatable bonds is 4. The number of hydrogen-bond donors (Lipinski definition) is 2. The molecule has 0 saturated carbocycles. The number of hydrogen-bond acceptors (Lipinski definition) is 6. The molecule has 7 heteroatoms. The third kappa shape index (κ3) is 2.88. The van der Waals surface area contributed by atoms with Gasteiger partial charge >= 0.3 is 0 Å². The zero-order chi connectivity index (χ0) is 13.3. The van der Waals surface area contributed by atoms with E-state index in [4.69, 9.17) is 8.83 Å². The summed E-state index contributed by atoms with van der Waals surface area (Å²) < 4.78 is 11.6. The van der Waals surface area contributed by atoms with E-state index in [0.29, 0.717) is 28.8 Å². The lowest BCUT2D eigenvalue weighted by Crippen LogP contribution is -2.43. The lowest BCUT2D eigenvalue weighted by atomic mass is 10.0. The molecule has 1 unspecified atom stereocenters. The Kier molecular flexibility index (Phi) is 3.42. The first-order valence-electron chi connectivity index (χ1n) is 6.18. The summed E-state index contributed by atoms with van der Waals surface area (Å²) in [6, 6.07) is 3.58. The predicted octanol–water partition coefficient (Wildman–Crippen LogP) is 1.93. The molecule has 2 N–H and O–H groups in total. The van der Waals surface area contributed by atoms with E-state index in [2.05, 4.69) is 43.7 Å². The van der Waals surface area contributed by atoms with Crippen molar-refractivity contribution in [3.8, 4) is 11.7 Å². The second kappa shape index (κ2) is 5.07. The van der Waals surface area contributed by atoms with Gasteiger partial charge in [0.05, 0.1) is 6.54 Å². The van der Waals surface area contributed by atoms with E-state index < -0.39 is 0 Å². The summed E-state index contributed by atoms with van der Waals surface area (Å²) in [5.41, 5.74) is 0.0995. The molecule has 0 bridgehead atoms. The van der Waals surface area contributed by atoms with Crippen LogP contribution in [-0.2, 0) is 6.54 Å². The van der Waals surface area contributed by atoms with Gasteiger partial charge < -0.3 is 19.5 Å². The quantitative estimate of drug-likeness (QED) is 0.894. The van der Waals surface area contributed by atoms with Crippen molar-refractivity contribution in [1.29, 1.82) is 0 Å². The van der Waals surface area contributed by atoms with E-state index in [1.54, 1.807) is 12.1 Å². The summed E-state index contributed by atoms with van der Waals surface area (Å²) in [5, 5.41) is 14.8. The summed E-state index contributed by atoms with van der Waals surface area (Å²) in [6.45, 7) is 4.75. The molecule has 1 saturated heterocycles. The lowest BCUT2D eigenvalue weighted by Gasteiger charge is -2.23. The molecule has 1 atom stereocenters. The molecule has 2 aromatic rings. The van der Waals surface area contributed by atoms with Crippen LogP contribution in [0.4, 0.5) is 0 Å². The summed E-state index contributed by atoms with van der Waals surface area (Å²) in [7, 11) is 0. The van der Waals surface area contributed by atoms with Crippen molar-refractivity contribution in [1.82, 2.24) is 20.8 Å². The molecule has 1 aliphatic heterocycles. The molecular weight excluding hydrogens is 312 g/mol. The van der Waals surface area contributed by atoms with E-state index in [1.165, 1.54) is 0 Å². The van der Waals surface area contributed by atoms with E-state index in [1.807, 2.05) is 0 Å². The molecule has 0 aromatic carbocycles. The second-order valence-electron chi connectivity index (χ2n) is 4.95. The van der Waals surface area contributed by atoms with Crippen LogP contribution in [0.25, 0.3) is 11.7 Å². The number of aromatic nitrogens is 2. The Labute approximate surface area is 119 Å². The topological polar surface area (TPSA) is 76.1 Å². The van der Waals surface area contributed by atoms with Gasteiger partial charge in [-0.2, -0.15) is 0 Å². The van der Waals surface area contributed by atoms with Gasteiger partial charge in [-0.25, -0.2) is 0 Å². The van der Waals surface area contributed by atoms with Crippen LogP contribution < -0.4 is 10.6 Å². The summed E-state index contributed by atoms with van der Waals surface area (Å²) in [6.07, 6.45) is 1.10. The third-order valence-electron chi connectivity index (χ3n) is 3.29.